The fourth-order valence-corrected chi connectivity index (χ4v) is 4.03. The van der Waals surface area contributed by atoms with E-state index in [0.29, 0.717) is 16.1 Å². The quantitative estimate of drug-likeness (QED) is 0.646. The summed E-state index contributed by atoms with van der Waals surface area (Å²) in [6.45, 7) is 0. The highest BCUT2D eigenvalue weighted by atomic mass is 32.2. The summed E-state index contributed by atoms with van der Waals surface area (Å²) in [7, 11) is -3.23. The summed E-state index contributed by atoms with van der Waals surface area (Å²) in [6.07, 6.45) is 0. The Morgan fingerprint density at radius 2 is 1.57 bits per heavy atom. The lowest BCUT2D eigenvalue weighted by Gasteiger charge is -2.23. The number of ether oxygens (including phenoxy) is 1. The minimum atomic E-state index is -4.67. The van der Waals surface area contributed by atoms with Gasteiger partial charge in [0.15, 0.2) is 0 Å². The molecule has 28 heavy (non-hydrogen) atoms. The van der Waals surface area contributed by atoms with Gasteiger partial charge in [-0.05, 0) is 48.5 Å². The Labute approximate surface area is 160 Å². The summed E-state index contributed by atoms with van der Waals surface area (Å²) in [5, 5.41) is 0. The van der Waals surface area contributed by atoms with Crippen LogP contribution in [0.2, 0.25) is 0 Å². The Balaban J connectivity index is 2.18. The third-order valence-electron chi connectivity index (χ3n) is 3.92. The Morgan fingerprint density at radius 3 is 2.14 bits per heavy atom. The largest absolute Gasteiger partial charge is 0.497 e. The second kappa shape index (κ2) is 7.77. The topological polar surface area (TPSA) is 63.7 Å². The maximum Gasteiger partial charge on any atom is 0.274 e. The second-order valence-electron chi connectivity index (χ2n) is 5.71. The molecule has 3 aromatic carbocycles. The molecule has 0 spiro atoms. The molecule has 8 heteroatoms. The average Bonchev–Trinajstić information content (AvgIpc) is 2.68. The van der Waals surface area contributed by atoms with Crippen LogP contribution in [0, 0.1) is 11.6 Å². The van der Waals surface area contributed by atoms with Crippen molar-refractivity contribution >= 4 is 21.6 Å². The number of sulfonamides is 1. The summed E-state index contributed by atoms with van der Waals surface area (Å²) < 4.78 is 59.3. The lowest BCUT2D eigenvalue weighted by molar-refractivity contribution is 0.101. The van der Waals surface area contributed by atoms with Crippen molar-refractivity contribution in [2.45, 2.75) is 4.90 Å². The number of carbonyl (C=O) groups excluding carboxylic acids is 1. The first-order valence-electron chi connectivity index (χ1n) is 8.08. The van der Waals surface area contributed by atoms with Gasteiger partial charge in [0.25, 0.3) is 15.9 Å². The van der Waals surface area contributed by atoms with Crippen molar-refractivity contribution in [2.24, 2.45) is 0 Å². The van der Waals surface area contributed by atoms with E-state index >= 15 is 0 Å². The summed E-state index contributed by atoms with van der Waals surface area (Å²) >= 11 is 0. The maximum absolute atomic E-state index is 14.2. The maximum atomic E-state index is 14.2. The lowest BCUT2D eigenvalue weighted by Crippen LogP contribution is -2.37. The van der Waals surface area contributed by atoms with E-state index in [9.17, 15) is 22.0 Å². The van der Waals surface area contributed by atoms with Gasteiger partial charge >= 0.3 is 0 Å². The van der Waals surface area contributed by atoms with Crippen LogP contribution in [0.25, 0.3) is 0 Å². The second-order valence-corrected chi connectivity index (χ2v) is 7.47. The smallest absolute Gasteiger partial charge is 0.274 e. The molecule has 0 aliphatic heterocycles. The number of hydrogen-bond acceptors (Lipinski definition) is 4. The highest BCUT2D eigenvalue weighted by Gasteiger charge is 2.34. The first-order valence-corrected chi connectivity index (χ1v) is 9.52. The molecule has 5 nitrogen and oxygen atoms in total. The number of hydrogen-bond donors (Lipinski definition) is 0. The van der Waals surface area contributed by atoms with E-state index in [1.54, 1.807) is 18.2 Å². The summed E-state index contributed by atoms with van der Waals surface area (Å²) in [5.74, 6) is -2.66. The van der Waals surface area contributed by atoms with E-state index in [2.05, 4.69) is 0 Å². The van der Waals surface area contributed by atoms with Crippen molar-refractivity contribution in [2.75, 3.05) is 11.4 Å². The Kier molecular flexibility index (Phi) is 5.41. The standard InChI is InChI=1S/C20H15F2NO4S/c1-27-17-10-8-16(9-11-17)23(20(24)14-5-3-2-4-6-14)28(25,26)19-12-7-15(21)13-18(19)22/h2-13H,1H3. The molecule has 0 saturated carbocycles. The van der Waals surface area contributed by atoms with Gasteiger partial charge in [0.1, 0.15) is 22.3 Å². The zero-order chi connectivity index (χ0) is 20.3. The van der Waals surface area contributed by atoms with Crippen LogP contribution < -0.4 is 9.04 Å². The van der Waals surface area contributed by atoms with Crippen molar-refractivity contribution in [3.8, 4) is 5.75 Å². The van der Waals surface area contributed by atoms with Gasteiger partial charge in [-0.25, -0.2) is 17.2 Å². The lowest BCUT2D eigenvalue weighted by atomic mass is 10.2. The highest BCUT2D eigenvalue weighted by molar-refractivity contribution is 7.93. The van der Waals surface area contributed by atoms with Crippen molar-refractivity contribution in [1.82, 2.24) is 0 Å². The summed E-state index contributed by atoms with van der Waals surface area (Å²) in [5.41, 5.74) is 0.0720. The van der Waals surface area contributed by atoms with Gasteiger partial charge in [-0.1, -0.05) is 18.2 Å². The molecular weight excluding hydrogens is 388 g/mol. The molecule has 0 heterocycles. The van der Waals surface area contributed by atoms with E-state index in [4.69, 9.17) is 4.74 Å². The van der Waals surface area contributed by atoms with Crippen molar-refractivity contribution in [1.29, 1.82) is 0 Å². The molecule has 0 atom stereocenters. The van der Waals surface area contributed by atoms with Gasteiger partial charge in [-0.2, -0.15) is 4.31 Å². The van der Waals surface area contributed by atoms with Crippen LogP contribution in [-0.4, -0.2) is 21.4 Å². The normalized spacial score (nSPS) is 11.1. The zero-order valence-corrected chi connectivity index (χ0v) is 15.5. The first-order chi connectivity index (χ1) is 13.3. The van der Waals surface area contributed by atoms with Crippen LogP contribution in [-0.2, 0) is 10.0 Å². The van der Waals surface area contributed by atoms with E-state index in [0.717, 1.165) is 12.1 Å². The zero-order valence-electron chi connectivity index (χ0n) is 14.7. The van der Waals surface area contributed by atoms with Gasteiger partial charge in [0.2, 0.25) is 0 Å². The SMILES string of the molecule is COc1ccc(N(C(=O)c2ccccc2)S(=O)(=O)c2ccc(F)cc2F)cc1. The molecular formula is C20H15F2NO4S. The van der Waals surface area contributed by atoms with E-state index < -0.39 is 32.5 Å². The predicted molar refractivity (Wildman–Crippen MR) is 99.8 cm³/mol. The first kappa shape index (κ1) is 19.5. The van der Waals surface area contributed by atoms with Crippen LogP contribution in [0.3, 0.4) is 0 Å². The Hall–Kier alpha value is -3.26. The number of halogens is 2. The Morgan fingerprint density at radius 1 is 0.929 bits per heavy atom. The predicted octanol–water partition coefficient (Wildman–Crippen LogP) is 4.01. The van der Waals surface area contributed by atoms with Gasteiger partial charge in [-0.3, -0.25) is 4.79 Å². The van der Waals surface area contributed by atoms with E-state index in [1.807, 2.05) is 0 Å². The molecule has 3 aromatic rings. The minimum absolute atomic E-state index is 0.0154. The molecule has 0 aromatic heterocycles. The summed E-state index contributed by atoms with van der Waals surface area (Å²) in [6, 6.07) is 15.4. The van der Waals surface area contributed by atoms with Crippen LogP contribution in [0.4, 0.5) is 14.5 Å². The third-order valence-corrected chi connectivity index (χ3v) is 5.67. The number of rotatable bonds is 5. The molecule has 0 N–H and O–H groups in total. The number of benzene rings is 3. The minimum Gasteiger partial charge on any atom is -0.497 e. The number of methoxy groups -OCH3 is 1. The van der Waals surface area contributed by atoms with E-state index in [1.165, 1.54) is 43.5 Å². The van der Waals surface area contributed by atoms with Crippen LogP contribution >= 0.6 is 0 Å². The van der Waals surface area contributed by atoms with E-state index in [-0.39, 0.29) is 11.3 Å². The summed E-state index contributed by atoms with van der Waals surface area (Å²) in [4.78, 5) is 12.2. The van der Waals surface area contributed by atoms with Crippen molar-refractivity contribution in [3.63, 3.8) is 0 Å². The molecule has 0 aliphatic carbocycles. The molecule has 1 amide bonds. The van der Waals surface area contributed by atoms with Crippen LogP contribution in [0.15, 0.2) is 77.7 Å². The molecule has 3 rings (SSSR count). The van der Waals surface area contributed by atoms with Gasteiger partial charge < -0.3 is 4.74 Å². The Bertz CT molecular complexity index is 1100. The number of nitrogens with zero attached hydrogens (tertiary/aromatic N) is 1. The highest BCUT2D eigenvalue weighted by Crippen LogP contribution is 2.29. The number of carbonyl (C=O) groups is 1. The van der Waals surface area contributed by atoms with Crippen LogP contribution in [0.5, 0.6) is 5.75 Å². The molecule has 0 radical (unpaired) electrons. The fraction of sp³-hybridized carbons (Fsp3) is 0.0500. The fourth-order valence-electron chi connectivity index (χ4n) is 2.56. The molecule has 0 saturated heterocycles. The molecule has 0 fully saturated rings. The molecule has 0 bridgehead atoms. The van der Waals surface area contributed by atoms with Gasteiger partial charge in [-0.15, -0.1) is 0 Å². The van der Waals surface area contributed by atoms with Crippen molar-refractivity contribution < 1.29 is 26.7 Å². The monoisotopic (exact) mass is 403 g/mol. The number of amides is 1. The van der Waals surface area contributed by atoms with Gasteiger partial charge in [0, 0.05) is 11.6 Å². The molecule has 144 valence electrons. The molecule has 0 unspecified atom stereocenters. The van der Waals surface area contributed by atoms with Crippen LogP contribution in [0.1, 0.15) is 10.4 Å². The third kappa shape index (κ3) is 3.72. The average molecular weight is 403 g/mol. The number of anilines is 1. The molecule has 0 aliphatic rings. The van der Waals surface area contributed by atoms with Gasteiger partial charge in [0.05, 0.1) is 12.8 Å². The van der Waals surface area contributed by atoms with Crippen molar-refractivity contribution in [3.05, 3.63) is 90.0 Å².